The highest BCUT2D eigenvalue weighted by molar-refractivity contribution is 6.29. The number of nitrogens with zero attached hydrogens (tertiary/aromatic N) is 4. The zero-order chi connectivity index (χ0) is 12.0. The Kier molecular flexibility index (Phi) is 2.40. The highest BCUT2D eigenvalue weighted by atomic mass is 35.5. The Bertz CT molecular complexity index is 572. The fourth-order valence-electron chi connectivity index (χ4n) is 1.94. The van der Waals surface area contributed by atoms with Gasteiger partial charge in [-0.25, -0.2) is 9.97 Å². The first-order valence-corrected chi connectivity index (χ1v) is 6.07. The molecule has 88 valence electrons. The van der Waals surface area contributed by atoms with Crippen LogP contribution in [0.4, 0.5) is 0 Å². The largest absolute Gasteiger partial charge is 0.266 e. The summed E-state index contributed by atoms with van der Waals surface area (Å²) in [6.07, 6.45) is 2.34. The van der Waals surface area contributed by atoms with Crippen molar-refractivity contribution in [3.63, 3.8) is 0 Å². The fourth-order valence-corrected chi connectivity index (χ4v) is 2.13. The van der Waals surface area contributed by atoms with Crippen LogP contribution in [0.25, 0.3) is 11.4 Å². The van der Waals surface area contributed by atoms with Crippen LogP contribution < -0.4 is 0 Å². The van der Waals surface area contributed by atoms with Crippen LogP contribution in [0.3, 0.4) is 0 Å². The van der Waals surface area contributed by atoms with Crippen LogP contribution in [-0.2, 0) is 7.05 Å². The van der Waals surface area contributed by atoms with E-state index in [0.717, 1.165) is 22.9 Å². The summed E-state index contributed by atoms with van der Waals surface area (Å²) in [6.45, 7) is 1.97. The minimum absolute atomic E-state index is 0.502. The number of halogens is 1. The molecule has 0 spiro atoms. The van der Waals surface area contributed by atoms with Crippen molar-refractivity contribution in [2.45, 2.75) is 25.7 Å². The van der Waals surface area contributed by atoms with E-state index in [1.165, 1.54) is 12.8 Å². The molecule has 0 saturated heterocycles. The van der Waals surface area contributed by atoms with E-state index < -0.39 is 0 Å². The van der Waals surface area contributed by atoms with Crippen LogP contribution in [0, 0.1) is 6.92 Å². The molecule has 2 aromatic heterocycles. The molecule has 0 N–H and O–H groups in total. The Morgan fingerprint density at radius 3 is 2.65 bits per heavy atom. The number of aryl methyl sites for hydroxylation is 2. The molecule has 1 aliphatic rings. The Morgan fingerprint density at radius 1 is 1.29 bits per heavy atom. The highest BCUT2D eigenvalue weighted by Gasteiger charge is 2.27. The van der Waals surface area contributed by atoms with Crippen LogP contribution in [0.2, 0.25) is 5.15 Å². The molecular formula is C12H13ClN4. The topological polar surface area (TPSA) is 43.6 Å². The Labute approximate surface area is 105 Å². The van der Waals surface area contributed by atoms with Crippen LogP contribution in [0.5, 0.6) is 0 Å². The summed E-state index contributed by atoms with van der Waals surface area (Å²) < 4.78 is 1.82. The van der Waals surface area contributed by atoms with Gasteiger partial charge in [0, 0.05) is 19.0 Å². The Morgan fingerprint density at radius 2 is 2.06 bits per heavy atom. The molecule has 0 radical (unpaired) electrons. The van der Waals surface area contributed by atoms with E-state index in [0.29, 0.717) is 11.1 Å². The number of rotatable bonds is 2. The average Bonchev–Trinajstić information content (AvgIpc) is 3.04. The molecule has 5 heteroatoms. The van der Waals surface area contributed by atoms with Gasteiger partial charge in [0.25, 0.3) is 0 Å². The number of hydrogen-bond acceptors (Lipinski definition) is 3. The van der Waals surface area contributed by atoms with Gasteiger partial charge in [-0.2, -0.15) is 5.10 Å². The monoisotopic (exact) mass is 248 g/mol. The van der Waals surface area contributed by atoms with Crippen LogP contribution in [0.1, 0.15) is 30.3 Å². The van der Waals surface area contributed by atoms with E-state index in [9.17, 15) is 0 Å². The molecule has 2 aromatic rings. The highest BCUT2D eigenvalue weighted by Crippen LogP contribution is 2.39. The van der Waals surface area contributed by atoms with Crippen LogP contribution >= 0.6 is 11.6 Å². The smallest absolute Gasteiger partial charge is 0.133 e. The first-order valence-electron chi connectivity index (χ1n) is 5.69. The third-order valence-corrected chi connectivity index (χ3v) is 3.11. The Hall–Kier alpha value is -1.42. The van der Waals surface area contributed by atoms with Crippen LogP contribution in [-0.4, -0.2) is 19.7 Å². The summed E-state index contributed by atoms with van der Waals surface area (Å²) in [4.78, 5) is 8.87. The molecule has 0 amide bonds. The van der Waals surface area contributed by atoms with Crippen molar-refractivity contribution in [2.24, 2.45) is 7.05 Å². The maximum absolute atomic E-state index is 6.05. The standard InChI is InChI=1S/C12H13ClN4/c1-7-5-10(17(2)16-7)9-6-11(13)15-12(14-9)8-3-4-8/h5-6,8H,3-4H2,1-2H3. The minimum atomic E-state index is 0.502. The quantitative estimate of drug-likeness (QED) is 0.768. The van der Waals surface area contributed by atoms with Gasteiger partial charge in [0.1, 0.15) is 11.0 Å². The van der Waals surface area contributed by atoms with E-state index in [1.54, 1.807) is 6.07 Å². The van der Waals surface area contributed by atoms with Gasteiger partial charge in [0.05, 0.1) is 17.1 Å². The molecule has 0 aliphatic heterocycles. The third kappa shape index (κ3) is 2.05. The van der Waals surface area contributed by atoms with Crippen molar-refractivity contribution in [1.29, 1.82) is 0 Å². The first kappa shape index (κ1) is 10.7. The van der Waals surface area contributed by atoms with Crippen molar-refractivity contribution in [1.82, 2.24) is 19.7 Å². The zero-order valence-corrected chi connectivity index (χ0v) is 10.6. The minimum Gasteiger partial charge on any atom is -0.266 e. The maximum Gasteiger partial charge on any atom is 0.133 e. The normalized spacial score (nSPS) is 15.2. The van der Waals surface area contributed by atoms with Gasteiger partial charge in [-0.15, -0.1) is 0 Å². The third-order valence-electron chi connectivity index (χ3n) is 2.92. The van der Waals surface area contributed by atoms with Crippen molar-refractivity contribution >= 4 is 11.6 Å². The lowest BCUT2D eigenvalue weighted by Gasteiger charge is -2.04. The summed E-state index contributed by atoms with van der Waals surface area (Å²) in [6, 6.07) is 3.80. The van der Waals surface area contributed by atoms with Gasteiger partial charge < -0.3 is 0 Å². The predicted molar refractivity (Wildman–Crippen MR) is 66.0 cm³/mol. The summed E-state index contributed by atoms with van der Waals surface area (Å²) in [5.74, 6) is 1.37. The van der Waals surface area contributed by atoms with Crippen molar-refractivity contribution in [3.05, 3.63) is 28.8 Å². The van der Waals surface area contributed by atoms with E-state index in [2.05, 4.69) is 15.1 Å². The fraction of sp³-hybridized carbons (Fsp3) is 0.417. The van der Waals surface area contributed by atoms with Crippen molar-refractivity contribution in [2.75, 3.05) is 0 Å². The molecule has 4 nitrogen and oxygen atoms in total. The van der Waals surface area contributed by atoms with Gasteiger partial charge in [-0.3, -0.25) is 4.68 Å². The summed E-state index contributed by atoms with van der Waals surface area (Å²) in [7, 11) is 1.91. The predicted octanol–water partition coefficient (Wildman–Crippen LogP) is 2.72. The van der Waals surface area contributed by atoms with Gasteiger partial charge in [0.15, 0.2) is 0 Å². The molecule has 0 atom stereocenters. The zero-order valence-electron chi connectivity index (χ0n) is 9.81. The van der Waals surface area contributed by atoms with Gasteiger partial charge >= 0.3 is 0 Å². The molecule has 1 fully saturated rings. The molecule has 1 saturated carbocycles. The van der Waals surface area contributed by atoms with E-state index in [1.807, 2.05) is 24.7 Å². The molecule has 0 aromatic carbocycles. The molecule has 2 heterocycles. The molecule has 17 heavy (non-hydrogen) atoms. The van der Waals surface area contributed by atoms with Crippen molar-refractivity contribution < 1.29 is 0 Å². The molecule has 3 rings (SSSR count). The van der Waals surface area contributed by atoms with Crippen molar-refractivity contribution in [3.8, 4) is 11.4 Å². The average molecular weight is 249 g/mol. The molecule has 0 unspecified atom stereocenters. The maximum atomic E-state index is 6.05. The first-order chi connectivity index (χ1) is 8.13. The van der Waals surface area contributed by atoms with E-state index in [4.69, 9.17) is 11.6 Å². The summed E-state index contributed by atoms with van der Waals surface area (Å²) >= 11 is 6.05. The van der Waals surface area contributed by atoms with Gasteiger partial charge in [-0.1, -0.05) is 11.6 Å². The molecular weight excluding hydrogens is 236 g/mol. The van der Waals surface area contributed by atoms with Gasteiger partial charge in [-0.05, 0) is 25.8 Å². The summed E-state index contributed by atoms with van der Waals surface area (Å²) in [5, 5.41) is 4.83. The molecule has 1 aliphatic carbocycles. The lowest BCUT2D eigenvalue weighted by molar-refractivity contribution is 0.760. The number of aromatic nitrogens is 4. The van der Waals surface area contributed by atoms with E-state index >= 15 is 0 Å². The lowest BCUT2D eigenvalue weighted by Crippen LogP contribution is -1.99. The number of hydrogen-bond donors (Lipinski definition) is 0. The van der Waals surface area contributed by atoms with Gasteiger partial charge in [0.2, 0.25) is 0 Å². The lowest BCUT2D eigenvalue weighted by atomic mass is 10.2. The second-order valence-corrected chi connectivity index (χ2v) is 4.89. The van der Waals surface area contributed by atoms with Crippen LogP contribution in [0.15, 0.2) is 12.1 Å². The second-order valence-electron chi connectivity index (χ2n) is 4.50. The summed E-state index contributed by atoms with van der Waals surface area (Å²) in [5.41, 5.74) is 2.81. The second kappa shape index (κ2) is 3.81. The van der Waals surface area contributed by atoms with E-state index in [-0.39, 0.29) is 0 Å². The SMILES string of the molecule is Cc1cc(-c2cc(Cl)nc(C3CC3)n2)n(C)n1. The Balaban J connectivity index is 2.10. The molecule has 0 bridgehead atoms.